The van der Waals surface area contributed by atoms with Gasteiger partial charge in [-0.3, -0.25) is 14.4 Å². The van der Waals surface area contributed by atoms with E-state index >= 15 is 0 Å². The lowest BCUT2D eigenvalue weighted by atomic mass is 9.80. The number of hydrogen-bond donors (Lipinski definition) is 2. The van der Waals surface area contributed by atoms with Gasteiger partial charge in [0.15, 0.2) is 0 Å². The van der Waals surface area contributed by atoms with Crippen molar-refractivity contribution in [2.45, 2.75) is 82.5 Å². The Labute approximate surface area is 238 Å². The van der Waals surface area contributed by atoms with E-state index in [1.807, 2.05) is 48.2 Å². The first-order valence-corrected chi connectivity index (χ1v) is 14.8. The van der Waals surface area contributed by atoms with E-state index in [0.717, 1.165) is 44.5 Å². The predicted octanol–water partition coefficient (Wildman–Crippen LogP) is 3.43. The number of likely N-dealkylation sites (tertiary alicyclic amines) is 1. The maximum absolute atomic E-state index is 13.7. The van der Waals surface area contributed by atoms with Crippen LogP contribution in [0.15, 0.2) is 60.7 Å². The third-order valence-corrected chi connectivity index (χ3v) is 8.26. The second-order valence-corrected chi connectivity index (χ2v) is 11.1. The zero-order chi connectivity index (χ0) is 28.4. The molecule has 4 rings (SSSR count). The first kappa shape index (κ1) is 29.7. The fourth-order valence-corrected chi connectivity index (χ4v) is 5.93. The van der Waals surface area contributed by atoms with E-state index in [2.05, 4.69) is 34.5 Å². The summed E-state index contributed by atoms with van der Waals surface area (Å²) in [5.41, 5.74) is 7.90. The van der Waals surface area contributed by atoms with Crippen molar-refractivity contribution in [3.63, 3.8) is 0 Å². The average Bonchev–Trinajstić information content (AvgIpc) is 2.98. The molecule has 0 aliphatic carbocycles. The Hall–Kier alpha value is -3.23. The lowest BCUT2D eigenvalue weighted by molar-refractivity contribution is -0.162. The Morgan fingerprint density at radius 1 is 1.00 bits per heavy atom. The maximum Gasteiger partial charge on any atom is 0.306 e. The second-order valence-electron chi connectivity index (χ2n) is 11.1. The van der Waals surface area contributed by atoms with Crippen molar-refractivity contribution < 1.29 is 19.1 Å². The number of nitrogens with two attached hydrogens (primary N) is 1. The molecule has 3 N–H and O–H groups in total. The van der Waals surface area contributed by atoms with Gasteiger partial charge in [0.2, 0.25) is 11.8 Å². The number of aryl methyl sites for hydroxylation is 1. The van der Waals surface area contributed by atoms with E-state index < -0.39 is 17.6 Å². The second kappa shape index (κ2) is 14.4. The molecule has 2 aromatic carbocycles. The molecule has 8 heteroatoms. The van der Waals surface area contributed by atoms with Crippen LogP contribution in [0, 0.1) is 0 Å². The molecule has 2 heterocycles. The van der Waals surface area contributed by atoms with Gasteiger partial charge in [0.25, 0.3) is 0 Å². The van der Waals surface area contributed by atoms with E-state index in [-0.39, 0.29) is 30.8 Å². The number of rotatable bonds is 13. The Morgan fingerprint density at radius 2 is 1.65 bits per heavy atom. The fourth-order valence-electron chi connectivity index (χ4n) is 5.93. The molecule has 216 valence electrons. The largest absolute Gasteiger partial charge is 0.461 e. The zero-order valence-corrected chi connectivity index (χ0v) is 23.7. The topological polar surface area (TPSA) is 105 Å². The SMILES string of the molecule is CCCN1C(=O)[C@@H](C(N)CCCC(=O)OCc2ccccc2)NC(=O)C12CCN(CCCc1ccccc1)CC2. The highest BCUT2D eigenvalue weighted by molar-refractivity contribution is 6.00. The highest BCUT2D eigenvalue weighted by Gasteiger charge is 2.54. The van der Waals surface area contributed by atoms with Crippen LogP contribution >= 0.6 is 0 Å². The molecular formula is C32H44N4O4. The summed E-state index contributed by atoms with van der Waals surface area (Å²) in [5, 5.41) is 2.99. The number of nitrogens with one attached hydrogen (secondary N) is 1. The molecule has 2 atom stereocenters. The van der Waals surface area contributed by atoms with Crippen LogP contribution in [0.2, 0.25) is 0 Å². The van der Waals surface area contributed by atoms with Crippen LogP contribution in [0.4, 0.5) is 0 Å². The monoisotopic (exact) mass is 548 g/mol. The summed E-state index contributed by atoms with van der Waals surface area (Å²) in [7, 11) is 0. The van der Waals surface area contributed by atoms with E-state index in [9.17, 15) is 14.4 Å². The van der Waals surface area contributed by atoms with Crippen molar-refractivity contribution in [1.29, 1.82) is 0 Å². The van der Waals surface area contributed by atoms with Gasteiger partial charge in [-0.25, -0.2) is 0 Å². The first-order chi connectivity index (χ1) is 19.4. The molecule has 2 aromatic rings. The van der Waals surface area contributed by atoms with Crippen molar-refractivity contribution in [3.05, 3.63) is 71.8 Å². The Bertz CT molecular complexity index is 1100. The summed E-state index contributed by atoms with van der Waals surface area (Å²) in [6, 6.07) is 18.7. The van der Waals surface area contributed by atoms with Crippen LogP contribution in [-0.2, 0) is 32.1 Å². The number of amides is 2. The standard InChI is InChI=1S/C32H44N4O4/c1-2-20-36-30(38)29(27(33)16-9-17-28(37)40-24-26-13-7-4-8-14-26)34-31(39)32(36)18-22-35(23-19-32)21-10-15-25-11-5-3-6-12-25/h3-8,11-14,27,29H,2,9-10,15-24,33H2,1H3,(H,34,39)/t27?,29-/m1/s1. The molecule has 1 spiro atoms. The zero-order valence-electron chi connectivity index (χ0n) is 23.7. The van der Waals surface area contributed by atoms with Gasteiger partial charge in [0.05, 0.1) is 0 Å². The molecule has 40 heavy (non-hydrogen) atoms. The van der Waals surface area contributed by atoms with Gasteiger partial charge in [0.1, 0.15) is 18.2 Å². The first-order valence-electron chi connectivity index (χ1n) is 14.8. The molecule has 2 amide bonds. The van der Waals surface area contributed by atoms with Gasteiger partial charge in [0, 0.05) is 32.1 Å². The highest BCUT2D eigenvalue weighted by Crippen LogP contribution is 2.34. The normalized spacial score (nSPS) is 19.9. The predicted molar refractivity (Wildman–Crippen MR) is 155 cm³/mol. The number of piperazine rings is 1. The molecule has 8 nitrogen and oxygen atoms in total. The molecule has 2 saturated heterocycles. The highest BCUT2D eigenvalue weighted by atomic mass is 16.5. The third-order valence-electron chi connectivity index (χ3n) is 8.26. The van der Waals surface area contributed by atoms with Gasteiger partial charge in [-0.1, -0.05) is 67.6 Å². The van der Waals surface area contributed by atoms with E-state index in [1.54, 1.807) is 0 Å². The Morgan fingerprint density at radius 3 is 2.30 bits per heavy atom. The number of nitrogens with zero attached hydrogens (tertiary/aromatic N) is 2. The quantitative estimate of drug-likeness (QED) is 0.372. The van der Waals surface area contributed by atoms with Crippen LogP contribution in [0.3, 0.4) is 0 Å². The molecule has 2 aliphatic rings. The van der Waals surface area contributed by atoms with Gasteiger partial charge < -0.3 is 25.6 Å². The van der Waals surface area contributed by atoms with Crippen molar-refractivity contribution in [2.24, 2.45) is 5.73 Å². The average molecular weight is 549 g/mol. The number of benzene rings is 2. The molecule has 0 radical (unpaired) electrons. The number of piperidine rings is 1. The third kappa shape index (κ3) is 7.49. The molecule has 0 aromatic heterocycles. The lowest BCUT2D eigenvalue weighted by Crippen LogP contribution is -2.75. The number of carbonyl (C=O) groups is 3. The number of esters is 1. The number of hydrogen-bond acceptors (Lipinski definition) is 6. The van der Waals surface area contributed by atoms with Gasteiger partial charge in [-0.2, -0.15) is 0 Å². The Balaban J connectivity index is 1.26. The summed E-state index contributed by atoms with van der Waals surface area (Å²) < 4.78 is 5.34. The van der Waals surface area contributed by atoms with Gasteiger partial charge >= 0.3 is 5.97 Å². The fraction of sp³-hybridized carbons (Fsp3) is 0.531. The van der Waals surface area contributed by atoms with Gasteiger partial charge in [-0.15, -0.1) is 0 Å². The van der Waals surface area contributed by atoms with E-state index in [4.69, 9.17) is 10.5 Å². The number of ether oxygens (including phenoxy) is 1. The van der Waals surface area contributed by atoms with E-state index in [0.29, 0.717) is 32.2 Å². The smallest absolute Gasteiger partial charge is 0.306 e. The summed E-state index contributed by atoms with van der Waals surface area (Å²) in [4.78, 5) is 43.6. The Kier molecular flexibility index (Phi) is 10.7. The molecule has 0 bridgehead atoms. The minimum atomic E-state index is -0.805. The lowest BCUT2D eigenvalue weighted by Gasteiger charge is -2.52. The van der Waals surface area contributed by atoms with Crippen LogP contribution in [0.1, 0.15) is 63.0 Å². The minimum Gasteiger partial charge on any atom is -0.461 e. The van der Waals surface area contributed by atoms with Crippen LogP contribution < -0.4 is 11.1 Å². The van der Waals surface area contributed by atoms with Crippen LogP contribution in [0.5, 0.6) is 0 Å². The van der Waals surface area contributed by atoms with Crippen molar-refractivity contribution >= 4 is 17.8 Å². The van der Waals surface area contributed by atoms with Crippen molar-refractivity contribution in [1.82, 2.24) is 15.1 Å². The van der Waals surface area contributed by atoms with Crippen LogP contribution in [0.25, 0.3) is 0 Å². The summed E-state index contributed by atoms with van der Waals surface area (Å²) in [6.07, 6.45) is 5.29. The van der Waals surface area contributed by atoms with Crippen molar-refractivity contribution in [2.75, 3.05) is 26.2 Å². The summed E-state index contributed by atoms with van der Waals surface area (Å²) >= 11 is 0. The van der Waals surface area contributed by atoms with Crippen LogP contribution in [-0.4, -0.2) is 71.4 Å². The van der Waals surface area contributed by atoms with E-state index in [1.165, 1.54) is 5.56 Å². The van der Waals surface area contributed by atoms with Crippen molar-refractivity contribution in [3.8, 4) is 0 Å². The molecule has 2 fully saturated rings. The number of carbonyl (C=O) groups excluding carboxylic acids is 3. The maximum atomic E-state index is 13.7. The summed E-state index contributed by atoms with van der Waals surface area (Å²) in [6.45, 7) is 5.36. The molecule has 2 aliphatic heterocycles. The summed E-state index contributed by atoms with van der Waals surface area (Å²) in [5.74, 6) is -0.484. The molecule has 0 saturated carbocycles. The minimum absolute atomic E-state index is 0.0905. The van der Waals surface area contributed by atoms with Gasteiger partial charge in [-0.05, 0) is 62.6 Å². The molecule has 1 unspecified atom stereocenters. The molecular weight excluding hydrogens is 504 g/mol.